The van der Waals surface area contributed by atoms with Crippen molar-refractivity contribution >= 4 is 22.7 Å². The maximum atomic E-state index is 13.1. The molecule has 180 valence electrons. The zero-order valence-corrected chi connectivity index (χ0v) is 19.3. The average Bonchev–Trinajstić information content (AvgIpc) is 3.49. The Morgan fingerprint density at radius 1 is 1.00 bits per heavy atom. The van der Waals surface area contributed by atoms with Crippen molar-refractivity contribution in [2.45, 2.75) is 25.1 Å². The van der Waals surface area contributed by atoms with Crippen molar-refractivity contribution < 1.29 is 22.4 Å². The lowest BCUT2D eigenvalue weighted by Gasteiger charge is -2.22. The van der Waals surface area contributed by atoms with Gasteiger partial charge in [0, 0.05) is 31.9 Å². The van der Waals surface area contributed by atoms with E-state index in [9.17, 15) is 18.0 Å². The number of carbonyl (C=O) groups is 1. The van der Waals surface area contributed by atoms with E-state index in [2.05, 4.69) is 29.2 Å². The van der Waals surface area contributed by atoms with Crippen LogP contribution in [-0.4, -0.2) is 36.4 Å². The van der Waals surface area contributed by atoms with E-state index in [4.69, 9.17) is 4.42 Å². The van der Waals surface area contributed by atoms with Gasteiger partial charge in [0.05, 0.1) is 5.56 Å². The lowest BCUT2D eigenvalue weighted by Crippen LogP contribution is -2.30. The molecule has 5 nitrogen and oxygen atoms in total. The molecule has 35 heavy (non-hydrogen) atoms. The van der Waals surface area contributed by atoms with E-state index in [1.54, 1.807) is 4.90 Å². The van der Waals surface area contributed by atoms with Crippen molar-refractivity contribution in [2.75, 3.05) is 25.5 Å². The first-order valence-corrected chi connectivity index (χ1v) is 11.4. The normalized spacial score (nSPS) is 16.1. The standard InChI is InChI=1S/C27H24F3N3O2/c1-32(2)21-12-7-17(8-13-21)19-9-14-24-22(16-19)31-25(35-24)23-4-3-15-33(23)26(34)18-5-10-20(11-6-18)27(28,29)30/h5-14,16,23H,3-4,15H2,1-2H3. The molecule has 2 heterocycles. The summed E-state index contributed by atoms with van der Waals surface area (Å²) in [4.78, 5) is 21.4. The summed E-state index contributed by atoms with van der Waals surface area (Å²) in [6.45, 7) is 0.493. The number of hydrogen-bond donors (Lipinski definition) is 0. The quantitative estimate of drug-likeness (QED) is 0.333. The molecule has 1 fully saturated rings. The second-order valence-electron chi connectivity index (χ2n) is 8.91. The summed E-state index contributed by atoms with van der Waals surface area (Å²) in [5, 5.41) is 0. The van der Waals surface area contributed by atoms with Gasteiger partial charge in [0.25, 0.3) is 5.91 Å². The predicted octanol–water partition coefficient (Wildman–Crippen LogP) is 6.56. The molecule has 1 aliphatic heterocycles. The van der Waals surface area contributed by atoms with Gasteiger partial charge in [-0.15, -0.1) is 0 Å². The number of alkyl halides is 3. The fourth-order valence-electron chi connectivity index (χ4n) is 4.45. The Bertz CT molecular complexity index is 1360. The number of rotatable bonds is 4. The van der Waals surface area contributed by atoms with Crippen molar-refractivity contribution in [3.05, 3.63) is 83.7 Å². The van der Waals surface area contributed by atoms with Crippen LogP contribution in [0, 0.1) is 0 Å². The highest BCUT2D eigenvalue weighted by atomic mass is 19.4. The smallest absolute Gasteiger partial charge is 0.416 e. The summed E-state index contributed by atoms with van der Waals surface area (Å²) >= 11 is 0. The molecule has 1 saturated heterocycles. The molecule has 1 amide bonds. The molecule has 0 radical (unpaired) electrons. The van der Waals surface area contributed by atoms with Gasteiger partial charge in [-0.1, -0.05) is 18.2 Å². The van der Waals surface area contributed by atoms with Crippen LogP contribution < -0.4 is 4.90 Å². The molecule has 4 aromatic rings. The molecule has 0 bridgehead atoms. The van der Waals surface area contributed by atoms with E-state index in [-0.39, 0.29) is 17.5 Å². The van der Waals surface area contributed by atoms with E-state index in [0.29, 0.717) is 30.0 Å². The van der Waals surface area contributed by atoms with Gasteiger partial charge in [0.1, 0.15) is 11.6 Å². The number of carbonyl (C=O) groups excluding carboxylic acids is 1. The Hall–Kier alpha value is -3.81. The number of fused-ring (bicyclic) bond motifs is 1. The van der Waals surface area contributed by atoms with Crippen molar-refractivity contribution in [3.8, 4) is 11.1 Å². The highest BCUT2D eigenvalue weighted by molar-refractivity contribution is 5.94. The number of amides is 1. The highest BCUT2D eigenvalue weighted by Crippen LogP contribution is 2.36. The van der Waals surface area contributed by atoms with Gasteiger partial charge in [-0.05, 0) is 72.5 Å². The average molecular weight is 480 g/mol. The van der Waals surface area contributed by atoms with E-state index in [0.717, 1.165) is 35.4 Å². The van der Waals surface area contributed by atoms with Crippen LogP contribution in [0.25, 0.3) is 22.2 Å². The number of oxazole rings is 1. The van der Waals surface area contributed by atoms with Gasteiger partial charge in [-0.2, -0.15) is 13.2 Å². The lowest BCUT2D eigenvalue weighted by molar-refractivity contribution is -0.137. The Labute approximate surface area is 200 Å². The van der Waals surface area contributed by atoms with Gasteiger partial charge >= 0.3 is 6.18 Å². The largest absolute Gasteiger partial charge is 0.438 e. The molecular weight excluding hydrogens is 455 g/mol. The Balaban J connectivity index is 1.39. The zero-order chi connectivity index (χ0) is 24.7. The summed E-state index contributed by atoms with van der Waals surface area (Å²) in [5.74, 6) is 0.114. The summed E-state index contributed by atoms with van der Waals surface area (Å²) in [6, 6.07) is 18.0. The number of halogens is 3. The van der Waals surface area contributed by atoms with Crippen molar-refractivity contribution in [3.63, 3.8) is 0 Å². The van der Waals surface area contributed by atoms with Gasteiger partial charge in [-0.25, -0.2) is 4.98 Å². The van der Waals surface area contributed by atoms with Crippen LogP contribution in [0.4, 0.5) is 18.9 Å². The second-order valence-corrected chi connectivity index (χ2v) is 8.91. The van der Waals surface area contributed by atoms with E-state index in [1.165, 1.54) is 12.1 Å². The Morgan fingerprint density at radius 2 is 1.69 bits per heavy atom. The summed E-state index contributed by atoms with van der Waals surface area (Å²) in [6.07, 6.45) is -3.00. The second kappa shape index (κ2) is 8.76. The van der Waals surface area contributed by atoms with Crippen LogP contribution in [0.3, 0.4) is 0 Å². The van der Waals surface area contributed by atoms with Crippen LogP contribution in [0.2, 0.25) is 0 Å². The topological polar surface area (TPSA) is 49.6 Å². The molecule has 0 spiro atoms. The minimum Gasteiger partial charge on any atom is -0.438 e. The maximum Gasteiger partial charge on any atom is 0.416 e. The third kappa shape index (κ3) is 4.48. The lowest BCUT2D eigenvalue weighted by atomic mass is 10.0. The first-order valence-electron chi connectivity index (χ1n) is 11.4. The molecule has 1 unspecified atom stereocenters. The number of aromatic nitrogens is 1. The molecule has 5 rings (SSSR count). The first kappa shape index (κ1) is 23.0. The van der Waals surface area contributed by atoms with Crippen molar-refractivity contribution in [2.24, 2.45) is 0 Å². The van der Waals surface area contributed by atoms with E-state index >= 15 is 0 Å². The number of benzene rings is 3. The van der Waals surface area contributed by atoms with Gasteiger partial charge in [0.15, 0.2) is 5.58 Å². The molecule has 8 heteroatoms. The number of anilines is 1. The van der Waals surface area contributed by atoms with Crippen molar-refractivity contribution in [1.82, 2.24) is 9.88 Å². The van der Waals surface area contributed by atoms with E-state index in [1.807, 2.05) is 37.2 Å². The molecule has 1 aromatic heterocycles. The molecule has 1 atom stereocenters. The Morgan fingerprint density at radius 3 is 2.34 bits per heavy atom. The first-order chi connectivity index (χ1) is 16.7. The highest BCUT2D eigenvalue weighted by Gasteiger charge is 2.35. The van der Waals surface area contributed by atoms with Crippen LogP contribution in [0.1, 0.15) is 40.7 Å². The molecule has 0 N–H and O–H groups in total. The minimum absolute atomic E-state index is 0.212. The monoisotopic (exact) mass is 479 g/mol. The van der Waals surface area contributed by atoms with Crippen LogP contribution in [-0.2, 0) is 6.18 Å². The number of likely N-dealkylation sites (tertiary alicyclic amines) is 1. The molecular formula is C27H24F3N3O2. The Kier molecular flexibility index (Phi) is 5.75. The predicted molar refractivity (Wildman–Crippen MR) is 128 cm³/mol. The fraction of sp³-hybridized carbons (Fsp3) is 0.259. The molecule has 0 saturated carbocycles. The van der Waals surface area contributed by atoms with Gasteiger partial charge in [0.2, 0.25) is 5.89 Å². The van der Waals surface area contributed by atoms with Gasteiger partial charge in [-0.3, -0.25) is 4.79 Å². The molecule has 3 aromatic carbocycles. The van der Waals surface area contributed by atoms with Crippen molar-refractivity contribution in [1.29, 1.82) is 0 Å². The van der Waals surface area contributed by atoms with E-state index < -0.39 is 11.7 Å². The van der Waals surface area contributed by atoms with Crippen LogP contribution >= 0.6 is 0 Å². The number of nitrogens with zero attached hydrogens (tertiary/aromatic N) is 3. The SMILES string of the molecule is CN(C)c1ccc(-c2ccc3oc(C4CCCN4C(=O)c4ccc(C(F)(F)F)cc4)nc3c2)cc1. The third-order valence-electron chi connectivity index (χ3n) is 6.38. The minimum atomic E-state index is -4.44. The zero-order valence-electron chi connectivity index (χ0n) is 19.3. The van der Waals surface area contributed by atoms with Crippen LogP contribution in [0.15, 0.2) is 71.1 Å². The number of hydrogen-bond acceptors (Lipinski definition) is 4. The van der Waals surface area contributed by atoms with Gasteiger partial charge < -0.3 is 14.2 Å². The summed E-state index contributed by atoms with van der Waals surface area (Å²) in [7, 11) is 3.99. The maximum absolute atomic E-state index is 13.1. The molecule has 0 aliphatic carbocycles. The third-order valence-corrected chi connectivity index (χ3v) is 6.38. The fourth-order valence-corrected chi connectivity index (χ4v) is 4.45. The van der Waals surface area contributed by atoms with Crippen LogP contribution in [0.5, 0.6) is 0 Å². The molecule has 1 aliphatic rings. The summed E-state index contributed by atoms with van der Waals surface area (Å²) in [5.41, 5.74) is 3.93. The summed E-state index contributed by atoms with van der Waals surface area (Å²) < 4.78 is 44.6.